The number of nitrogens with zero attached hydrogens (tertiary/aromatic N) is 2. The van der Waals surface area contributed by atoms with Gasteiger partial charge in [0.05, 0.1) is 6.04 Å². The van der Waals surface area contributed by atoms with Crippen molar-refractivity contribution in [3.8, 4) is 0 Å². The molecule has 0 aliphatic rings. The van der Waals surface area contributed by atoms with E-state index in [4.69, 9.17) is 0 Å². The van der Waals surface area contributed by atoms with Crippen LogP contribution in [0.3, 0.4) is 0 Å². The van der Waals surface area contributed by atoms with Crippen LogP contribution in [0.2, 0.25) is 0 Å². The smallest absolute Gasteiger partial charge is 0.320 e. The minimum Gasteiger partial charge on any atom is -0.331 e. The molecule has 2 amide bonds. The van der Waals surface area contributed by atoms with Crippen LogP contribution in [0.5, 0.6) is 0 Å². The lowest BCUT2D eigenvalue weighted by Crippen LogP contribution is -2.31. The number of aryl methyl sites for hydroxylation is 2. The Morgan fingerprint density at radius 1 is 1.30 bits per heavy atom. The lowest BCUT2D eigenvalue weighted by atomic mass is 10.1. The van der Waals surface area contributed by atoms with Gasteiger partial charge >= 0.3 is 6.03 Å². The Hall–Kier alpha value is -2.43. The molecule has 0 aliphatic carbocycles. The van der Waals surface area contributed by atoms with Gasteiger partial charge in [0, 0.05) is 18.1 Å². The van der Waals surface area contributed by atoms with Crippen molar-refractivity contribution in [2.24, 2.45) is 0 Å². The van der Waals surface area contributed by atoms with E-state index in [1.807, 2.05) is 45.0 Å². The molecule has 0 unspecified atom stereocenters. The van der Waals surface area contributed by atoms with Crippen molar-refractivity contribution in [1.82, 2.24) is 15.3 Å². The van der Waals surface area contributed by atoms with E-state index < -0.39 is 0 Å². The quantitative estimate of drug-likeness (QED) is 0.901. The first kappa shape index (κ1) is 14.0. The maximum Gasteiger partial charge on any atom is 0.320 e. The van der Waals surface area contributed by atoms with Crippen LogP contribution >= 0.6 is 0 Å². The van der Waals surface area contributed by atoms with Gasteiger partial charge in [0.25, 0.3) is 0 Å². The third kappa shape index (κ3) is 3.78. The molecule has 2 heterocycles. The Bertz CT molecular complexity index is 578. The lowest BCUT2D eigenvalue weighted by Gasteiger charge is -2.14. The number of pyridine rings is 2. The molecule has 0 spiro atoms. The molecule has 0 aromatic carbocycles. The highest BCUT2D eigenvalue weighted by atomic mass is 16.2. The first-order valence-corrected chi connectivity index (χ1v) is 6.47. The third-order valence-electron chi connectivity index (χ3n) is 2.87. The number of rotatable bonds is 3. The van der Waals surface area contributed by atoms with Crippen LogP contribution in [0, 0.1) is 13.8 Å². The molecular formula is C15H18N4O. The summed E-state index contributed by atoms with van der Waals surface area (Å²) < 4.78 is 0. The SMILES string of the molecule is Cc1cc(C)nc(NC(=O)N[C@@H](C)c2cccnc2)c1. The van der Waals surface area contributed by atoms with Crippen LogP contribution in [0.4, 0.5) is 10.6 Å². The molecule has 1 atom stereocenters. The van der Waals surface area contributed by atoms with Gasteiger partial charge in [-0.1, -0.05) is 6.07 Å². The molecule has 0 radical (unpaired) electrons. The van der Waals surface area contributed by atoms with Gasteiger partial charge in [-0.15, -0.1) is 0 Å². The number of hydrogen-bond donors (Lipinski definition) is 2. The van der Waals surface area contributed by atoms with E-state index in [0.717, 1.165) is 16.8 Å². The van der Waals surface area contributed by atoms with Crippen molar-refractivity contribution < 1.29 is 4.79 Å². The molecule has 0 saturated heterocycles. The van der Waals surface area contributed by atoms with Crippen LogP contribution in [-0.4, -0.2) is 16.0 Å². The van der Waals surface area contributed by atoms with Gasteiger partial charge in [0.2, 0.25) is 0 Å². The molecule has 20 heavy (non-hydrogen) atoms. The first-order chi connectivity index (χ1) is 9.54. The highest BCUT2D eigenvalue weighted by Gasteiger charge is 2.10. The Labute approximate surface area is 118 Å². The van der Waals surface area contributed by atoms with Crippen LogP contribution < -0.4 is 10.6 Å². The summed E-state index contributed by atoms with van der Waals surface area (Å²) in [6.45, 7) is 5.77. The molecule has 2 rings (SSSR count). The van der Waals surface area contributed by atoms with Crippen molar-refractivity contribution in [1.29, 1.82) is 0 Å². The predicted octanol–water partition coefficient (Wildman–Crippen LogP) is 2.98. The van der Waals surface area contributed by atoms with Gasteiger partial charge < -0.3 is 5.32 Å². The molecule has 5 nitrogen and oxygen atoms in total. The molecule has 0 saturated carbocycles. The second-order valence-electron chi connectivity index (χ2n) is 4.78. The number of urea groups is 1. The number of amides is 2. The number of carbonyl (C=O) groups excluding carboxylic acids is 1. The van der Waals surface area contributed by atoms with Gasteiger partial charge in [-0.25, -0.2) is 9.78 Å². The van der Waals surface area contributed by atoms with Crippen molar-refractivity contribution in [3.05, 3.63) is 53.5 Å². The maximum atomic E-state index is 11.9. The van der Waals surface area contributed by atoms with Gasteiger partial charge in [0.1, 0.15) is 5.82 Å². The number of aromatic nitrogens is 2. The van der Waals surface area contributed by atoms with Crippen molar-refractivity contribution in [3.63, 3.8) is 0 Å². The van der Waals surface area contributed by atoms with Crippen molar-refractivity contribution in [2.45, 2.75) is 26.8 Å². The van der Waals surface area contributed by atoms with Crippen LogP contribution in [0.15, 0.2) is 36.7 Å². The molecular weight excluding hydrogens is 252 g/mol. The first-order valence-electron chi connectivity index (χ1n) is 6.47. The van der Waals surface area contributed by atoms with Gasteiger partial charge in [-0.05, 0) is 50.1 Å². The highest BCUT2D eigenvalue weighted by molar-refractivity contribution is 5.88. The monoisotopic (exact) mass is 270 g/mol. The lowest BCUT2D eigenvalue weighted by molar-refractivity contribution is 0.249. The second-order valence-corrected chi connectivity index (χ2v) is 4.78. The normalized spacial score (nSPS) is 11.8. The van der Waals surface area contributed by atoms with Crippen molar-refractivity contribution in [2.75, 3.05) is 5.32 Å². The predicted molar refractivity (Wildman–Crippen MR) is 78.5 cm³/mol. The Balaban J connectivity index is 1.99. The zero-order valence-electron chi connectivity index (χ0n) is 11.8. The average Bonchev–Trinajstić information content (AvgIpc) is 2.38. The summed E-state index contributed by atoms with van der Waals surface area (Å²) in [5.41, 5.74) is 2.89. The van der Waals surface area contributed by atoms with E-state index in [1.54, 1.807) is 12.4 Å². The fourth-order valence-electron chi connectivity index (χ4n) is 1.97. The minimum atomic E-state index is -0.279. The van der Waals surface area contributed by atoms with E-state index in [9.17, 15) is 4.79 Å². The van der Waals surface area contributed by atoms with Crippen LogP contribution in [0.1, 0.15) is 29.8 Å². The van der Waals surface area contributed by atoms with E-state index in [-0.39, 0.29) is 12.1 Å². The average molecular weight is 270 g/mol. The molecule has 2 aromatic heterocycles. The maximum absolute atomic E-state index is 11.9. The number of nitrogens with one attached hydrogen (secondary N) is 2. The summed E-state index contributed by atoms with van der Waals surface area (Å²) in [5, 5.41) is 5.60. The fraction of sp³-hybridized carbons (Fsp3) is 0.267. The van der Waals surface area contributed by atoms with Gasteiger partial charge in [-0.2, -0.15) is 0 Å². The summed E-state index contributed by atoms with van der Waals surface area (Å²) >= 11 is 0. The van der Waals surface area contributed by atoms with Gasteiger partial charge in [-0.3, -0.25) is 10.3 Å². The number of hydrogen-bond acceptors (Lipinski definition) is 3. The summed E-state index contributed by atoms with van der Waals surface area (Å²) in [4.78, 5) is 20.2. The summed E-state index contributed by atoms with van der Waals surface area (Å²) in [6, 6.07) is 7.17. The molecule has 2 aromatic rings. The molecule has 0 aliphatic heterocycles. The molecule has 2 N–H and O–H groups in total. The van der Waals surface area contributed by atoms with Crippen LogP contribution in [0.25, 0.3) is 0 Å². The second kappa shape index (κ2) is 6.14. The standard InChI is InChI=1S/C15H18N4O/c1-10-7-11(2)17-14(8-10)19-15(20)18-12(3)13-5-4-6-16-9-13/h4-9,12H,1-3H3,(H2,17,18,19,20)/t12-/m0/s1. The minimum absolute atomic E-state index is 0.116. The molecule has 0 fully saturated rings. The zero-order chi connectivity index (χ0) is 14.5. The molecule has 104 valence electrons. The highest BCUT2D eigenvalue weighted by Crippen LogP contribution is 2.11. The Morgan fingerprint density at radius 2 is 2.10 bits per heavy atom. The Morgan fingerprint density at radius 3 is 2.75 bits per heavy atom. The molecule has 5 heteroatoms. The van der Waals surface area contributed by atoms with Crippen molar-refractivity contribution >= 4 is 11.8 Å². The zero-order valence-corrected chi connectivity index (χ0v) is 11.8. The summed E-state index contributed by atoms with van der Waals surface area (Å²) in [7, 11) is 0. The summed E-state index contributed by atoms with van der Waals surface area (Å²) in [6.07, 6.45) is 3.44. The van der Waals surface area contributed by atoms with E-state index in [2.05, 4.69) is 20.6 Å². The largest absolute Gasteiger partial charge is 0.331 e. The van der Waals surface area contributed by atoms with E-state index in [0.29, 0.717) is 5.82 Å². The topological polar surface area (TPSA) is 66.9 Å². The third-order valence-corrected chi connectivity index (χ3v) is 2.87. The number of anilines is 1. The summed E-state index contributed by atoms with van der Waals surface area (Å²) in [5.74, 6) is 0.554. The van der Waals surface area contributed by atoms with E-state index >= 15 is 0 Å². The fourth-order valence-corrected chi connectivity index (χ4v) is 1.97. The van der Waals surface area contributed by atoms with E-state index in [1.165, 1.54) is 0 Å². The van der Waals surface area contributed by atoms with Crippen LogP contribution in [-0.2, 0) is 0 Å². The van der Waals surface area contributed by atoms with Gasteiger partial charge in [0.15, 0.2) is 0 Å². The Kier molecular flexibility index (Phi) is 4.30. The molecule has 0 bridgehead atoms. The number of carbonyl (C=O) groups is 1.